The zero-order valence-corrected chi connectivity index (χ0v) is 10.8. The predicted octanol–water partition coefficient (Wildman–Crippen LogP) is 3.86. The van der Waals surface area contributed by atoms with E-state index >= 15 is 0 Å². The molecule has 1 N–H and O–H groups in total. The number of hydrogen-bond acceptors (Lipinski definition) is 1. The third-order valence-electron chi connectivity index (χ3n) is 2.69. The second-order valence-electron chi connectivity index (χ2n) is 6.26. The maximum absolute atomic E-state index is 9.67. The van der Waals surface area contributed by atoms with Crippen molar-refractivity contribution in [3.63, 3.8) is 0 Å². The SMILES string of the molecule is CC(CCC(O)C(C)C)CC(C)(C)C. The van der Waals surface area contributed by atoms with Crippen molar-refractivity contribution >= 4 is 0 Å². The van der Waals surface area contributed by atoms with Gasteiger partial charge in [0.25, 0.3) is 0 Å². The Balaban J connectivity index is 3.69. The van der Waals surface area contributed by atoms with E-state index in [1.807, 2.05) is 0 Å². The van der Waals surface area contributed by atoms with Crippen molar-refractivity contribution in [2.24, 2.45) is 17.3 Å². The molecule has 0 aromatic rings. The lowest BCUT2D eigenvalue weighted by Crippen LogP contribution is -2.17. The van der Waals surface area contributed by atoms with E-state index in [1.165, 1.54) is 6.42 Å². The van der Waals surface area contributed by atoms with Crippen molar-refractivity contribution in [1.29, 1.82) is 0 Å². The van der Waals surface area contributed by atoms with Crippen LogP contribution in [-0.2, 0) is 0 Å². The van der Waals surface area contributed by atoms with Gasteiger partial charge < -0.3 is 5.11 Å². The molecule has 2 unspecified atom stereocenters. The number of rotatable bonds is 5. The van der Waals surface area contributed by atoms with E-state index in [-0.39, 0.29) is 6.10 Å². The highest BCUT2D eigenvalue weighted by Crippen LogP contribution is 2.27. The van der Waals surface area contributed by atoms with E-state index in [0.717, 1.165) is 18.8 Å². The van der Waals surface area contributed by atoms with Gasteiger partial charge >= 0.3 is 0 Å². The summed E-state index contributed by atoms with van der Waals surface area (Å²) in [6, 6.07) is 0. The van der Waals surface area contributed by atoms with E-state index in [9.17, 15) is 5.11 Å². The van der Waals surface area contributed by atoms with Crippen LogP contribution in [0.3, 0.4) is 0 Å². The van der Waals surface area contributed by atoms with E-state index in [4.69, 9.17) is 0 Å². The van der Waals surface area contributed by atoms with Gasteiger partial charge in [-0.3, -0.25) is 0 Å². The molecule has 0 aromatic carbocycles. The highest BCUT2D eigenvalue weighted by molar-refractivity contribution is 4.68. The molecule has 0 aliphatic heterocycles. The molecule has 2 atom stereocenters. The molecular formula is C13H28O. The highest BCUT2D eigenvalue weighted by atomic mass is 16.3. The zero-order chi connectivity index (χ0) is 11.4. The van der Waals surface area contributed by atoms with Crippen molar-refractivity contribution in [1.82, 2.24) is 0 Å². The summed E-state index contributed by atoms with van der Waals surface area (Å²) < 4.78 is 0. The van der Waals surface area contributed by atoms with Gasteiger partial charge in [-0.1, -0.05) is 41.5 Å². The molecule has 0 spiro atoms. The molecule has 14 heavy (non-hydrogen) atoms. The topological polar surface area (TPSA) is 20.2 Å². The van der Waals surface area contributed by atoms with Crippen LogP contribution < -0.4 is 0 Å². The Bertz CT molecular complexity index is 144. The lowest BCUT2D eigenvalue weighted by molar-refractivity contribution is 0.106. The number of hydrogen-bond donors (Lipinski definition) is 1. The van der Waals surface area contributed by atoms with Crippen LogP contribution in [-0.4, -0.2) is 11.2 Å². The van der Waals surface area contributed by atoms with Crippen LogP contribution in [0, 0.1) is 17.3 Å². The fourth-order valence-corrected chi connectivity index (χ4v) is 1.94. The summed E-state index contributed by atoms with van der Waals surface area (Å²) in [6.45, 7) is 13.3. The summed E-state index contributed by atoms with van der Waals surface area (Å²) in [4.78, 5) is 0. The molecule has 0 heterocycles. The summed E-state index contributed by atoms with van der Waals surface area (Å²) in [5.41, 5.74) is 0.419. The van der Waals surface area contributed by atoms with Crippen molar-refractivity contribution in [3.05, 3.63) is 0 Å². The second-order valence-corrected chi connectivity index (χ2v) is 6.26. The lowest BCUT2D eigenvalue weighted by Gasteiger charge is -2.24. The molecule has 0 saturated heterocycles. The Morgan fingerprint density at radius 3 is 1.86 bits per heavy atom. The van der Waals surface area contributed by atoms with E-state index in [0.29, 0.717) is 11.3 Å². The third-order valence-corrected chi connectivity index (χ3v) is 2.69. The summed E-state index contributed by atoms with van der Waals surface area (Å²) in [5, 5.41) is 9.67. The third kappa shape index (κ3) is 7.37. The van der Waals surface area contributed by atoms with Gasteiger partial charge in [0.1, 0.15) is 0 Å². The number of aliphatic hydroxyl groups excluding tert-OH is 1. The van der Waals surface area contributed by atoms with Gasteiger partial charge in [0.05, 0.1) is 6.10 Å². The van der Waals surface area contributed by atoms with Gasteiger partial charge in [-0.05, 0) is 36.5 Å². The van der Waals surface area contributed by atoms with Crippen molar-refractivity contribution in [2.75, 3.05) is 0 Å². The van der Waals surface area contributed by atoms with Crippen LogP contribution in [0.5, 0.6) is 0 Å². The Morgan fingerprint density at radius 2 is 1.50 bits per heavy atom. The first-order chi connectivity index (χ1) is 6.22. The molecule has 0 aliphatic rings. The van der Waals surface area contributed by atoms with Gasteiger partial charge in [-0.15, -0.1) is 0 Å². The molecule has 0 aromatic heterocycles. The lowest BCUT2D eigenvalue weighted by atomic mass is 9.83. The number of aliphatic hydroxyl groups is 1. The molecule has 0 fully saturated rings. The molecule has 0 aliphatic carbocycles. The van der Waals surface area contributed by atoms with Crippen molar-refractivity contribution < 1.29 is 5.11 Å². The van der Waals surface area contributed by atoms with E-state index < -0.39 is 0 Å². The van der Waals surface area contributed by atoms with Crippen LogP contribution in [0.4, 0.5) is 0 Å². The first-order valence-corrected chi connectivity index (χ1v) is 5.90. The molecule has 0 radical (unpaired) electrons. The molecule has 0 bridgehead atoms. The molecular weight excluding hydrogens is 172 g/mol. The Hall–Kier alpha value is -0.0400. The molecule has 0 amide bonds. The fourth-order valence-electron chi connectivity index (χ4n) is 1.94. The van der Waals surface area contributed by atoms with Gasteiger partial charge in [-0.25, -0.2) is 0 Å². The second kappa shape index (κ2) is 5.75. The van der Waals surface area contributed by atoms with E-state index in [2.05, 4.69) is 41.5 Å². The van der Waals surface area contributed by atoms with Crippen molar-refractivity contribution in [2.45, 2.75) is 66.9 Å². The average molecular weight is 200 g/mol. The normalized spacial score (nSPS) is 17.1. The van der Waals surface area contributed by atoms with E-state index in [1.54, 1.807) is 0 Å². The maximum atomic E-state index is 9.67. The smallest absolute Gasteiger partial charge is 0.0563 e. The standard InChI is InChI=1S/C13H28O/c1-10(2)12(14)8-7-11(3)9-13(4,5)6/h10-12,14H,7-9H2,1-6H3. The molecule has 0 rings (SSSR count). The Kier molecular flexibility index (Phi) is 5.73. The highest BCUT2D eigenvalue weighted by Gasteiger charge is 2.17. The quantitative estimate of drug-likeness (QED) is 0.714. The largest absolute Gasteiger partial charge is 0.393 e. The molecule has 1 nitrogen and oxygen atoms in total. The first kappa shape index (κ1) is 14.0. The zero-order valence-electron chi connectivity index (χ0n) is 10.8. The van der Waals surface area contributed by atoms with Crippen LogP contribution in [0.25, 0.3) is 0 Å². The summed E-state index contributed by atoms with van der Waals surface area (Å²) >= 11 is 0. The van der Waals surface area contributed by atoms with Crippen LogP contribution in [0.15, 0.2) is 0 Å². The van der Waals surface area contributed by atoms with Gasteiger partial charge in [0.15, 0.2) is 0 Å². The molecule has 0 saturated carbocycles. The minimum absolute atomic E-state index is 0.114. The van der Waals surface area contributed by atoms with Crippen molar-refractivity contribution in [3.8, 4) is 0 Å². The maximum Gasteiger partial charge on any atom is 0.0563 e. The van der Waals surface area contributed by atoms with Gasteiger partial charge in [0.2, 0.25) is 0 Å². The van der Waals surface area contributed by atoms with Crippen LogP contribution in [0.2, 0.25) is 0 Å². The molecule has 1 heteroatoms. The van der Waals surface area contributed by atoms with Crippen LogP contribution in [0.1, 0.15) is 60.8 Å². The minimum atomic E-state index is -0.114. The summed E-state index contributed by atoms with van der Waals surface area (Å²) in [6.07, 6.45) is 3.24. The Morgan fingerprint density at radius 1 is 1.00 bits per heavy atom. The Labute approximate surface area is 89.9 Å². The summed E-state index contributed by atoms with van der Waals surface area (Å²) in [5.74, 6) is 1.13. The van der Waals surface area contributed by atoms with Gasteiger partial charge in [0, 0.05) is 0 Å². The monoisotopic (exact) mass is 200 g/mol. The predicted molar refractivity (Wildman–Crippen MR) is 63.3 cm³/mol. The van der Waals surface area contributed by atoms with Gasteiger partial charge in [-0.2, -0.15) is 0 Å². The fraction of sp³-hybridized carbons (Fsp3) is 1.00. The first-order valence-electron chi connectivity index (χ1n) is 5.90. The molecule has 86 valence electrons. The van der Waals surface area contributed by atoms with Crippen LogP contribution >= 0.6 is 0 Å². The minimum Gasteiger partial charge on any atom is -0.393 e. The average Bonchev–Trinajstić information content (AvgIpc) is 1.96. The summed E-state index contributed by atoms with van der Waals surface area (Å²) in [7, 11) is 0.